The van der Waals surface area contributed by atoms with Crippen LogP contribution in [0.3, 0.4) is 0 Å². The van der Waals surface area contributed by atoms with Gasteiger partial charge in [0, 0.05) is 55.5 Å². The highest BCUT2D eigenvalue weighted by Crippen LogP contribution is 2.57. The van der Waals surface area contributed by atoms with Crippen LogP contribution in [0.25, 0.3) is 0 Å². The Kier molecular flexibility index (Phi) is 7.70. The van der Waals surface area contributed by atoms with Gasteiger partial charge in [0.1, 0.15) is 29.5 Å². The molecule has 222 valence electrons. The predicted molar refractivity (Wildman–Crippen MR) is 151 cm³/mol. The molecule has 0 bridgehead atoms. The molecule has 0 fully saturated rings. The van der Waals surface area contributed by atoms with Gasteiger partial charge in [0.05, 0.1) is 11.6 Å². The number of hydrogen-bond acceptors (Lipinski definition) is 10. The van der Waals surface area contributed by atoms with Crippen molar-refractivity contribution in [2.24, 2.45) is 23.0 Å². The van der Waals surface area contributed by atoms with Crippen molar-refractivity contribution in [1.29, 1.82) is 0 Å². The van der Waals surface area contributed by atoms with E-state index >= 15 is 0 Å². The molecule has 0 aromatic heterocycles. The standard InChI is InChI=1S/C29H44N4O7/c1-28(2,3)12-31-11-14-10-17(32(4)5)15-8-13-9-16-21(33(6)7)24(36)20(27(30)39)26(38)29(16,40)25(37)18(13)23(35)19(15)22(14)34/h10,13,16,21,23,26,31,34-38,40H,8-9,11-12H2,1-7H3,(H2,30,39)/t13-,16-,21-,23?,26?,29-/m0/s1. The van der Waals surface area contributed by atoms with Gasteiger partial charge in [-0.1, -0.05) is 20.8 Å². The van der Waals surface area contributed by atoms with Gasteiger partial charge in [-0.3, -0.25) is 9.69 Å². The zero-order valence-corrected chi connectivity index (χ0v) is 24.4. The average molecular weight is 561 g/mol. The number of benzene rings is 1. The van der Waals surface area contributed by atoms with Crippen molar-refractivity contribution in [3.8, 4) is 5.75 Å². The molecule has 1 aromatic carbocycles. The Morgan fingerprint density at radius 1 is 1.15 bits per heavy atom. The number of amides is 1. The van der Waals surface area contributed by atoms with Gasteiger partial charge in [-0.2, -0.15) is 0 Å². The SMILES string of the molecule is CN(C)c1cc(CNCC(C)(C)C)c(O)c2c1C[C@H]1C[C@H]3[C@H](N(C)C)C(O)=C(C(N)=O)C(O)[C@@]3(O)C(O)=C1C2O. The van der Waals surface area contributed by atoms with Crippen LogP contribution < -0.4 is 16.0 Å². The van der Waals surface area contributed by atoms with Gasteiger partial charge in [0.15, 0.2) is 5.60 Å². The molecule has 9 N–H and O–H groups in total. The van der Waals surface area contributed by atoms with Gasteiger partial charge in [-0.05, 0) is 49.9 Å². The molecule has 0 heterocycles. The van der Waals surface area contributed by atoms with E-state index in [-0.39, 0.29) is 28.7 Å². The van der Waals surface area contributed by atoms with Crippen molar-refractivity contribution < 1.29 is 35.4 Å². The highest BCUT2D eigenvalue weighted by Gasteiger charge is 2.62. The Balaban J connectivity index is 1.88. The molecule has 1 aromatic rings. The number of aromatic hydroxyl groups is 1. The number of aliphatic hydroxyl groups excluding tert-OH is 4. The van der Waals surface area contributed by atoms with E-state index in [9.17, 15) is 35.4 Å². The number of phenols is 1. The molecular formula is C29H44N4O7. The summed E-state index contributed by atoms with van der Waals surface area (Å²) >= 11 is 0. The molecule has 3 aliphatic rings. The fraction of sp³-hybridized carbons (Fsp3) is 0.621. The van der Waals surface area contributed by atoms with Crippen LogP contribution in [0.2, 0.25) is 0 Å². The number of likely N-dealkylation sites (N-methyl/N-ethyl adjacent to an activating group) is 1. The number of nitrogens with one attached hydrogen (secondary N) is 1. The Morgan fingerprint density at radius 2 is 1.77 bits per heavy atom. The highest BCUT2D eigenvalue weighted by atomic mass is 16.4. The van der Waals surface area contributed by atoms with Gasteiger partial charge < -0.3 is 46.6 Å². The molecule has 11 heteroatoms. The first-order valence-corrected chi connectivity index (χ1v) is 13.6. The topological polar surface area (TPSA) is 183 Å². The molecule has 11 nitrogen and oxygen atoms in total. The fourth-order valence-electron chi connectivity index (χ4n) is 6.83. The quantitative estimate of drug-likeness (QED) is 0.249. The minimum atomic E-state index is -2.40. The second-order valence-corrected chi connectivity index (χ2v) is 13.1. The molecule has 0 aliphatic heterocycles. The van der Waals surface area contributed by atoms with Gasteiger partial charge in [-0.15, -0.1) is 0 Å². The van der Waals surface area contributed by atoms with Crippen molar-refractivity contribution in [1.82, 2.24) is 10.2 Å². The summed E-state index contributed by atoms with van der Waals surface area (Å²) in [6.07, 6.45) is -3.00. The molecular weight excluding hydrogens is 516 g/mol. The van der Waals surface area contributed by atoms with E-state index in [1.54, 1.807) is 19.0 Å². The number of anilines is 1. The fourth-order valence-corrected chi connectivity index (χ4v) is 6.83. The van der Waals surface area contributed by atoms with Crippen LogP contribution in [0, 0.1) is 17.3 Å². The van der Waals surface area contributed by atoms with Gasteiger partial charge in [0.25, 0.3) is 5.91 Å². The Bertz CT molecular complexity index is 1270. The number of fused-ring (bicyclic) bond motifs is 3. The predicted octanol–water partition coefficient (Wildman–Crippen LogP) is 0.965. The first-order chi connectivity index (χ1) is 18.4. The van der Waals surface area contributed by atoms with E-state index < -0.39 is 58.7 Å². The minimum absolute atomic E-state index is 0.0174. The van der Waals surface area contributed by atoms with Crippen LogP contribution in [0.1, 0.15) is 50.0 Å². The zero-order chi connectivity index (χ0) is 30.1. The van der Waals surface area contributed by atoms with Gasteiger partial charge in [0.2, 0.25) is 0 Å². The lowest BCUT2D eigenvalue weighted by atomic mass is 9.57. The lowest BCUT2D eigenvalue weighted by molar-refractivity contribution is -0.145. The molecule has 0 saturated carbocycles. The minimum Gasteiger partial charge on any atom is -0.510 e. The maximum Gasteiger partial charge on any atom is 0.250 e. The average Bonchev–Trinajstić information content (AvgIpc) is 2.81. The van der Waals surface area contributed by atoms with Crippen LogP contribution in [0.4, 0.5) is 5.69 Å². The first kappa shape index (κ1) is 30.1. The van der Waals surface area contributed by atoms with Crippen LogP contribution >= 0.6 is 0 Å². The summed E-state index contributed by atoms with van der Waals surface area (Å²) < 4.78 is 0. The maximum atomic E-state index is 12.2. The smallest absolute Gasteiger partial charge is 0.250 e. The largest absolute Gasteiger partial charge is 0.510 e. The van der Waals surface area contributed by atoms with Crippen LogP contribution in [0.5, 0.6) is 5.75 Å². The third-order valence-corrected chi connectivity index (χ3v) is 8.62. The number of primary amides is 1. The third kappa shape index (κ3) is 4.63. The number of rotatable bonds is 6. The van der Waals surface area contributed by atoms with Crippen LogP contribution in [0.15, 0.2) is 28.7 Å². The number of nitrogens with two attached hydrogens (primary N) is 1. The molecule has 2 unspecified atom stereocenters. The van der Waals surface area contributed by atoms with E-state index in [0.717, 1.165) is 11.3 Å². The van der Waals surface area contributed by atoms with Gasteiger partial charge in [-0.25, -0.2) is 0 Å². The summed E-state index contributed by atoms with van der Waals surface area (Å²) in [5.41, 5.74) is 4.92. The number of aliphatic hydroxyl groups is 5. The normalized spacial score (nSPS) is 30.2. The molecule has 6 atom stereocenters. The maximum absolute atomic E-state index is 12.2. The zero-order valence-electron chi connectivity index (χ0n) is 24.4. The Labute approximate surface area is 235 Å². The van der Waals surface area contributed by atoms with E-state index in [1.807, 2.05) is 25.1 Å². The number of carbonyl (C=O) groups excluding carboxylic acids is 1. The van der Waals surface area contributed by atoms with Crippen molar-refractivity contribution in [3.05, 3.63) is 45.4 Å². The monoisotopic (exact) mass is 560 g/mol. The van der Waals surface area contributed by atoms with E-state index in [2.05, 4.69) is 26.1 Å². The number of carbonyl (C=O) groups is 1. The second-order valence-electron chi connectivity index (χ2n) is 13.1. The van der Waals surface area contributed by atoms with E-state index in [4.69, 9.17) is 5.73 Å². The van der Waals surface area contributed by atoms with Gasteiger partial charge >= 0.3 is 0 Å². The summed E-state index contributed by atoms with van der Waals surface area (Å²) in [5.74, 6) is -3.76. The molecule has 0 saturated heterocycles. The molecule has 0 spiro atoms. The molecule has 40 heavy (non-hydrogen) atoms. The van der Waals surface area contributed by atoms with Crippen molar-refractivity contribution in [2.45, 2.75) is 64.0 Å². The molecule has 4 rings (SSSR count). The van der Waals surface area contributed by atoms with Crippen LogP contribution in [-0.4, -0.2) is 93.9 Å². The summed E-state index contributed by atoms with van der Waals surface area (Å²) in [6, 6.07) is 0.960. The number of hydrogen-bond donors (Lipinski definition) is 8. The third-order valence-electron chi connectivity index (χ3n) is 8.62. The molecule has 1 amide bonds. The second kappa shape index (κ2) is 10.2. The molecule has 3 aliphatic carbocycles. The number of phenolic OH excluding ortho intramolecular Hbond substituents is 1. The van der Waals surface area contributed by atoms with Crippen molar-refractivity contribution in [3.63, 3.8) is 0 Å². The van der Waals surface area contributed by atoms with E-state index in [1.165, 1.54) is 0 Å². The van der Waals surface area contributed by atoms with Crippen molar-refractivity contribution >= 4 is 11.6 Å². The molecule has 0 radical (unpaired) electrons. The Hall–Kier alpha value is -2.83. The summed E-state index contributed by atoms with van der Waals surface area (Å²) in [7, 11) is 7.05. The first-order valence-electron chi connectivity index (χ1n) is 13.6. The highest BCUT2D eigenvalue weighted by molar-refractivity contribution is 5.94. The van der Waals surface area contributed by atoms with E-state index in [0.29, 0.717) is 25.1 Å². The lowest BCUT2D eigenvalue weighted by Crippen LogP contribution is -2.65. The summed E-state index contributed by atoms with van der Waals surface area (Å²) in [5, 5.41) is 72.1. The number of nitrogens with zero attached hydrogens (tertiary/aromatic N) is 2. The van der Waals surface area contributed by atoms with Crippen LogP contribution in [-0.2, 0) is 17.8 Å². The summed E-state index contributed by atoms with van der Waals surface area (Å²) in [4.78, 5) is 15.7. The van der Waals surface area contributed by atoms with Crippen molar-refractivity contribution in [2.75, 3.05) is 39.6 Å². The summed E-state index contributed by atoms with van der Waals surface area (Å²) in [6.45, 7) is 7.32. The lowest BCUT2D eigenvalue weighted by Gasteiger charge is -2.54. The Morgan fingerprint density at radius 3 is 2.30 bits per heavy atom.